The van der Waals surface area contributed by atoms with Crippen molar-refractivity contribution in [3.05, 3.63) is 77.6 Å². The molecule has 3 aromatic carbocycles. The van der Waals surface area contributed by atoms with Gasteiger partial charge in [-0.25, -0.2) is 14.8 Å². The van der Waals surface area contributed by atoms with E-state index in [2.05, 4.69) is 40.4 Å². The summed E-state index contributed by atoms with van der Waals surface area (Å²) in [5.74, 6) is 0.877. The highest BCUT2D eigenvalue weighted by atomic mass is 16.5. The van der Waals surface area contributed by atoms with Crippen LogP contribution in [0.5, 0.6) is 11.5 Å². The number of carbonyl (C=O) groups is 1. The Balaban J connectivity index is 1.38. The average molecular weight is 470 g/mol. The first-order chi connectivity index (χ1) is 17.0. The van der Waals surface area contributed by atoms with Gasteiger partial charge in [0.2, 0.25) is 0 Å². The molecule has 1 aliphatic rings. The number of methoxy groups -OCH3 is 1. The van der Waals surface area contributed by atoms with Crippen molar-refractivity contribution < 1.29 is 19.4 Å². The predicted molar refractivity (Wildman–Crippen MR) is 136 cm³/mol. The maximum absolute atomic E-state index is 11.8. The second-order valence-corrected chi connectivity index (χ2v) is 8.67. The number of aryl methyl sites for hydroxylation is 1. The van der Waals surface area contributed by atoms with Gasteiger partial charge in [0.1, 0.15) is 29.2 Å². The first kappa shape index (κ1) is 22.7. The van der Waals surface area contributed by atoms with E-state index >= 15 is 0 Å². The molecule has 7 heteroatoms. The summed E-state index contributed by atoms with van der Waals surface area (Å²) < 4.78 is 11.7. The molecular formula is C28H27N3O4. The minimum atomic E-state index is -1.02. The molecule has 0 bridgehead atoms. The molecule has 1 fully saturated rings. The van der Waals surface area contributed by atoms with E-state index in [-0.39, 0.29) is 11.7 Å². The molecule has 178 valence electrons. The number of benzene rings is 3. The SMILES string of the molecule is COc1cc2ccccc2c(C)c1CCNc1cc(-c2cccc(C(=O)O)c2OC2CC2)ncn1. The summed E-state index contributed by atoms with van der Waals surface area (Å²) in [4.78, 5) is 20.5. The minimum absolute atomic E-state index is 0.0638. The third-order valence-corrected chi connectivity index (χ3v) is 6.30. The number of fused-ring (bicyclic) bond motifs is 1. The van der Waals surface area contributed by atoms with Crippen LogP contribution in [0.15, 0.2) is 60.9 Å². The van der Waals surface area contributed by atoms with Crippen LogP contribution in [-0.2, 0) is 6.42 Å². The molecule has 0 radical (unpaired) electrons. The molecule has 0 amide bonds. The van der Waals surface area contributed by atoms with Crippen LogP contribution in [0, 0.1) is 6.92 Å². The quantitative estimate of drug-likeness (QED) is 0.334. The van der Waals surface area contributed by atoms with Crippen LogP contribution < -0.4 is 14.8 Å². The van der Waals surface area contributed by atoms with E-state index in [0.717, 1.165) is 36.0 Å². The summed E-state index contributed by atoms with van der Waals surface area (Å²) in [6, 6.07) is 17.3. The third kappa shape index (κ3) is 4.75. The monoisotopic (exact) mass is 469 g/mol. The zero-order valence-corrected chi connectivity index (χ0v) is 19.7. The molecule has 7 nitrogen and oxygen atoms in total. The van der Waals surface area contributed by atoms with E-state index in [0.29, 0.717) is 29.4 Å². The highest BCUT2D eigenvalue weighted by Crippen LogP contribution is 2.37. The Morgan fingerprint density at radius 2 is 1.94 bits per heavy atom. The van der Waals surface area contributed by atoms with E-state index < -0.39 is 5.97 Å². The second-order valence-electron chi connectivity index (χ2n) is 8.67. The van der Waals surface area contributed by atoms with Gasteiger partial charge in [0.25, 0.3) is 0 Å². The average Bonchev–Trinajstić information content (AvgIpc) is 3.69. The summed E-state index contributed by atoms with van der Waals surface area (Å²) in [5, 5.41) is 15.4. The number of nitrogens with zero attached hydrogens (tertiary/aromatic N) is 2. The number of nitrogens with one attached hydrogen (secondary N) is 1. The van der Waals surface area contributed by atoms with Crippen LogP contribution in [0.2, 0.25) is 0 Å². The van der Waals surface area contributed by atoms with Crippen molar-refractivity contribution in [3.8, 4) is 22.8 Å². The molecule has 0 unspecified atom stereocenters. The number of aromatic nitrogens is 2. The second kappa shape index (κ2) is 9.62. The number of rotatable bonds is 9. The number of hydrogen-bond acceptors (Lipinski definition) is 6. The maximum atomic E-state index is 11.8. The van der Waals surface area contributed by atoms with Gasteiger partial charge < -0.3 is 19.9 Å². The van der Waals surface area contributed by atoms with Crippen molar-refractivity contribution in [1.82, 2.24) is 9.97 Å². The molecule has 1 saturated carbocycles. The molecule has 0 spiro atoms. The van der Waals surface area contributed by atoms with E-state index in [4.69, 9.17) is 9.47 Å². The van der Waals surface area contributed by atoms with Crippen LogP contribution in [0.3, 0.4) is 0 Å². The van der Waals surface area contributed by atoms with Crippen molar-refractivity contribution in [2.75, 3.05) is 19.0 Å². The minimum Gasteiger partial charge on any atom is -0.496 e. The summed E-state index contributed by atoms with van der Waals surface area (Å²) in [6.45, 7) is 2.77. The zero-order valence-electron chi connectivity index (χ0n) is 19.7. The standard InChI is InChI=1S/C28H27N3O4/c1-17-20-7-4-3-6-18(20)14-25(34-2)21(17)12-13-29-26-15-24(30-16-31-26)22-8-5-9-23(28(32)33)27(22)35-19-10-11-19/h3-9,14-16,19H,10-13H2,1-2H3,(H,32,33)(H,29,30,31). The van der Waals surface area contributed by atoms with Gasteiger partial charge in [-0.15, -0.1) is 0 Å². The van der Waals surface area contributed by atoms with E-state index in [1.165, 1.54) is 17.3 Å². The lowest BCUT2D eigenvalue weighted by Gasteiger charge is -2.16. The summed E-state index contributed by atoms with van der Waals surface area (Å²) in [6.07, 6.45) is 4.16. The highest BCUT2D eigenvalue weighted by molar-refractivity contribution is 5.94. The fourth-order valence-electron chi connectivity index (χ4n) is 4.34. The molecule has 5 rings (SSSR count). The number of hydrogen-bond donors (Lipinski definition) is 2. The number of ether oxygens (including phenoxy) is 2. The third-order valence-electron chi connectivity index (χ3n) is 6.30. The summed E-state index contributed by atoms with van der Waals surface area (Å²) in [7, 11) is 1.70. The number of carboxylic acid groups (broad SMARTS) is 1. The molecule has 2 N–H and O–H groups in total. The number of para-hydroxylation sites is 1. The van der Waals surface area contributed by atoms with Gasteiger partial charge in [-0.05, 0) is 66.3 Å². The molecule has 0 aliphatic heterocycles. The Kier molecular flexibility index (Phi) is 6.23. The first-order valence-corrected chi connectivity index (χ1v) is 11.7. The Hall–Kier alpha value is -4.13. The molecule has 35 heavy (non-hydrogen) atoms. The first-order valence-electron chi connectivity index (χ1n) is 11.7. The number of carboxylic acids is 1. The Labute approximate surface area is 203 Å². The van der Waals surface area contributed by atoms with Gasteiger partial charge in [0.05, 0.1) is 18.9 Å². The number of anilines is 1. The van der Waals surface area contributed by atoms with Crippen molar-refractivity contribution >= 4 is 22.6 Å². The summed E-state index contributed by atoms with van der Waals surface area (Å²) in [5.41, 5.74) is 3.76. The van der Waals surface area contributed by atoms with Crippen molar-refractivity contribution in [1.29, 1.82) is 0 Å². The molecule has 1 heterocycles. The van der Waals surface area contributed by atoms with Crippen molar-refractivity contribution in [2.45, 2.75) is 32.3 Å². The van der Waals surface area contributed by atoms with Gasteiger partial charge in [-0.2, -0.15) is 0 Å². The molecule has 4 aromatic rings. The zero-order chi connectivity index (χ0) is 24.4. The lowest BCUT2D eigenvalue weighted by atomic mass is 9.97. The van der Waals surface area contributed by atoms with E-state index in [1.807, 2.05) is 24.3 Å². The van der Waals surface area contributed by atoms with Gasteiger partial charge in [-0.3, -0.25) is 0 Å². The maximum Gasteiger partial charge on any atom is 0.339 e. The molecule has 1 aromatic heterocycles. The smallest absolute Gasteiger partial charge is 0.339 e. The van der Waals surface area contributed by atoms with Gasteiger partial charge in [-0.1, -0.05) is 30.3 Å². The van der Waals surface area contributed by atoms with Gasteiger partial charge >= 0.3 is 5.97 Å². The highest BCUT2D eigenvalue weighted by Gasteiger charge is 2.28. The van der Waals surface area contributed by atoms with Gasteiger partial charge in [0.15, 0.2) is 0 Å². The van der Waals surface area contributed by atoms with Crippen LogP contribution in [0.1, 0.15) is 34.3 Å². The van der Waals surface area contributed by atoms with Crippen LogP contribution in [-0.4, -0.2) is 40.8 Å². The van der Waals surface area contributed by atoms with E-state index in [1.54, 1.807) is 19.2 Å². The molecule has 0 atom stereocenters. The topological polar surface area (TPSA) is 93.6 Å². The Morgan fingerprint density at radius 3 is 2.71 bits per heavy atom. The fraction of sp³-hybridized carbons (Fsp3) is 0.250. The largest absolute Gasteiger partial charge is 0.496 e. The van der Waals surface area contributed by atoms with E-state index in [9.17, 15) is 9.90 Å². The van der Waals surface area contributed by atoms with Crippen LogP contribution in [0.4, 0.5) is 5.82 Å². The number of aromatic carboxylic acids is 1. The summed E-state index contributed by atoms with van der Waals surface area (Å²) >= 11 is 0. The van der Waals surface area contributed by atoms with Crippen LogP contribution in [0.25, 0.3) is 22.0 Å². The molecule has 0 saturated heterocycles. The van der Waals surface area contributed by atoms with Gasteiger partial charge in [0, 0.05) is 18.2 Å². The van der Waals surface area contributed by atoms with Crippen LogP contribution >= 0.6 is 0 Å². The van der Waals surface area contributed by atoms with Crippen molar-refractivity contribution in [3.63, 3.8) is 0 Å². The lowest BCUT2D eigenvalue weighted by Crippen LogP contribution is -2.09. The normalized spacial score (nSPS) is 13.0. The molecule has 1 aliphatic carbocycles. The predicted octanol–water partition coefficient (Wildman–Crippen LogP) is 5.51. The lowest BCUT2D eigenvalue weighted by molar-refractivity contribution is 0.0692. The van der Waals surface area contributed by atoms with Crippen molar-refractivity contribution in [2.24, 2.45) is 0 Å². The Morgan fingerprint density at radius 1 is 1.11 bits per heavy atom. The molecular weight excluding hydrogens is 442 g/mol. The fourth-order valence-corrected chi connectivity index (χ4v) is 4.34. The Bertz CT molecular complexity index is 1400.